The first kappa shape index (κ1) is 15.4. The van der Waals surface area contributed by atoms with Gasteiger partial charge in [0.2, 0.25) is 10.0 Å². The molecule has 0 atom stereocenters. The topological polar surface area (TPSA) is 72.2 Å². The third-order valence-electron chi connectivity index (χ3n) is 2.35. The van der Waals surface area contributed by atoms with Gasteiger partial charge in [0, 0.05) is 11.0 Å². The third-order valence-corrected chi connectivity index (χ3v) is 4.77. The summed E-state index contributed by atoms with van der Waals surface area (Å²) in [4.78, 5) is -0.0508. The van der Waals surface area contributed by atoms with Crippen molar-refractivity contribution in [1.82, 2.24) is 4.72 Å². The molecule has 4 nitrogen and oxygen atoms in total. The van der Waals surface area contributed by atoms with E-state index in [0.29, 0.717) is 12.5 Å². The second-order valence-electron chi connectivity index (χ2n) is 4.38. The van der Waals surface area contributed by atoms with Crippen LogP contribution in [0.3, 0.4) is 0 Å². The molecule has 0 amide bonds. The summed E-state index contributed by atoms with van der Waals surface area (Å²) >= 11 is 3.02. The van der Waals surface area contributed by atoms with E-state index in [9.17, 15) is 12.8 Å². The first-order valence-electron chi connectivity index (χ1n) is 5.48. The van der Waals surface area contributed by atoms with E-state index in [2.05, 4.69) is 20.7 Å². The average molecular weight is 339 g/mol. The number of nitrogen functional groups attached to an aromatic ring is 1. The fraction of sp³-hybridized carbons (Fsp3) is 0.455. The van der Waals surface area contributed by atoms with Crippen LogP contribution in [-0.4, -0.2) is 15.0 Å². The Morgan fingerprint density at radius 3 is 2.61 bits per heavy atom. The molecule has 0 saturated carbocycles. The predicted molar refractivity (Wildman–Crippen MR) is 73.2 cm³/mol. The van der Waals surface area contributed by atoms with Gasteiger partial charge >= 0.3 is 0 Å². The van der Waals surface area contributed by atoms with Crippen molar-refractivity contribution in [2.75, 3.05) is 12.3 Å². The SMILES string of the molecule is CC(C)CCNS(=O)(=O)c1cc(N)c(F)cc1Br. The van der Waals surface area contributed by atoms with Gasteiger partial charge < -0.3 is 5.73 Å². The van der Waals surface area contributed by atoms with Crippen molar-refractivity contribution in [1.29, 1.82) is 0 Å². The quantitative estimate of drug-likeness (QED) is 0.810. The van der Waals surface area contributed by atoms with E-state index in [1.807, 2.05) is 13.8 Å². The van der Waals surface area contributed by atoms with E-state index in [1.165, 1.54) is 0 Å². The lowest BCUT2D eigenvalue weighted by atomic mass is 10.1. The monoisotopic (exact) mass is 338 g/mol. The van der Waals surface area contributed by atoms with Crippen molar-refractivity contribution < 1.29 is 12.8 Å². The molecule has 1 aromatic rings. The van der Waals surface area contributed by atoms with Crippen LogP contribution in [0.4, 0.5) is 10.1 Å². The molecule has 0 unspecified atom stereocenters. The summed E-state index contributed by atoms with van der Waals surface area (Å²) in [7, 11) is -3.67. The lowest BCUT2D eigenvalue weighted by Gasteiger charge is -2.10. The van der Waals surface area contributed by atoms with E-state index >= 15 is 0 Å². The van der Waals surface area contributed by atoms with Crippen LogP contribution in [0.5, 0.6) is 0 Å². The van der Waals surface area contributed by atoms with E-state index in [1.54, 1.807) is 0 Å². The molecule has 0 spiro atoms. The van der Waals surface area contributed by atoms with Crippen molar-refractivity contribution >= 4 is 31.6 Å². The molecule has 1 aromatic carbocycles. The Labute approximate surface area is 115 Å². The average Bonchev–Trinajstić information content (AvgIpc) is 2.22. The molecule has 0 aliphatic heterocycles. The van der Waals surface area contributed by atoms with E-state index in [0.717, 1.165) is 18.6 Å². The molecule has 0 fully saturated rings. The highest BCUT2D eigenvalue weighted by molar-refractivity contribution is 9.10. The van der Waals surface area contributed by atoms with Crippen molar-refractivity contribution in [3.05, 3.63) is 22.4 Å². The number of sulfonamides is 1. The largest absolute Gasteiger partial charge is 0.396 e. The van der Waals surface area contributed by atoms with Gasteiger partial charge in [0.05, 0.1) is 10.6 Å². The molecular formula is C11H16BrFN2O2S. The Hall–Kier alpha value is -0.660. The van der Waals surface area contributed by atoms with Crippen molar-refractivity contribution in [2.24, 2.45) is 5.92 Å². The number of hydrogen-bond acceptors (Lipinski definition) is 3. The zero-order valence-corrected chi connectivity index (χ0v) is 12.6. The highest BCUT2D eigenvalue weighted by Crippen LogP contribution is 2.26. The molecule has 3 N–H and O–H groups in total. The smallest absolute Gasteiger partial charge is 0.241 e. The second-order valence-corrected chi connectivity index (χ2v) is 6.97. The van der Waals surface area contributed by atoms with Crippen LogP contribution in [0, 0.1) is 11.7 Å². The van der Waals surface area contributed by atoms with Gasteiger partial charge in [-0.3, -0.25) is 0 Å². The molecule has 0 aliphatic carbocycles. The third kappa shape index (κ3) is 3.93. The minimum absolute atomic E-state index is 0.0508. The summed E-state index contributed by atoms with van der Waals surface area (Å²) in [5.74, 6) is -0.252. The number of halogens is 2. The van der Waals surface area contributed by atoms with E-state index in [-0.39, 0.29) is 15.1 Å². The standard InChI is InChI=1S/C11H16BrFN2O2S/c1-7(2)3-4-15-18(16,17)11-6-10(14)9(13)5-8(11)12/h5-7,15H,3-4,14H2,1-2H3. The summed E-state index contributed by atoms with van der Waals surface area (Å²) in [5, 5.41) is 0. The normalized spacial score (nSPS) is 12.1. The van der Waals surface area contributed by atoms with Gasteiger partial charge in [-0.15, -0.1) is 0 Å². The minimum Gasteiger partial charge on any atom is -0.396 e. The Morgan fingerprint density at radius 1 is 1.44 bits per heavy atom. The summed E-state index contributed by atoms with van der Waals surface area (Å²) < 4.78 is 39.7. The van der Waals surface area contributed by atoms with Crippen molar-refractivity contribution in [2.45, 2.75) is 25.2 Å². The first-order valence-corrected chi connectivity index (χ1v) is 7.76. The molecular weight excluding hydrogens is 323 g/mol. The number of anilines is 1. The minimum atomic E-state index is -3.67. The number of nitrogens with two attached hydrogens (primary N) is 1. The summed E-state index contributed by atoms with van der Waals surface area (Å²) in [5.41, 5.74) is 5.18. The number of benzene rings is 1. The van der Waals surface area contributed by atoms with Crippen LogP contribution in [0.15, 0.2) is 21.5 Å². The molecule has 0 aliphatic rings. The van der Waals surface area contributed by atoms with E-state index in [4.69, 9.17) is 5.73 Å². The zero-order valence-electron chi connectivity index (χ0n) is 10.2. The Bertz CT molecular complexity index is 532. The van der Waals surface area contributed by atoms with Gasteiger partial charge in [0.15, 0.2) is 0 Å². The van der Waals surface area contributed by atoms with Gasteiger partial charge in [-0.25, -0.2) is 17.5 Å². The predicted octanol–water partition coefficient (Wildman–Crippen LogP) is 2.49. The van der Waals surface area contributed by atoms with Crippen molar-refractivity contribution in [3.63, 3.8) is 0 Å². The highest BCUT2D eigenvalue weighted by Gasteiger charge is 2.19. The second kappa shape index (κ2) is 5.99. The first-order chi connectivity index (χ1) is 8.24. The van der Waals surface area contributed by atoms with Crippen LogP contribution < -0.4 is 10.5 Å². The molecule has 0 heterocycles. The van der Waals surface area contributed by atoms with Gasteiger partial charge in [-0.1, -0.05) is 13.8 Å². The van der Waals surface area contributed by atoms with Crippen LogP contribution >= 0.6 is 15.9 Å². The van der Waals surface area contributed by atoms with Crippen LogP contribution in [0.25, 0.3) is 0 Å². The summed E-state index contributed by atoms with van der Waals surface area (Å²) in [6, 6.07) is 2.16. The molecule has 18 heavy (non-hydrogen) atoms. The van der Waals surface area contributed by atoms with Crippen molar-refractivity contribution in [3.8, 4) is 0 Å². The maximum absolute atomic E-state index is 13.1. The Morgan fingerprint density at radius 2 is 2.06 bits per heavy atom. The van der Waals surface area contributed by atoms with Gasteiger partial charge in [0.25, 0.3) is 0 Å². The molecule has 0 aromatic heterocycles. The van der Waals surface area contributed by atoms with Gasteiger partial charge in [0.1, 0.15) is 5.82 Å². The molecule has 0 saturated heterocycles. The Kier molecular flexibility index (Phi) is 5.12. The maximum atomic E-state index is 13.1. The summed E-state index contributed by atoms with van der Waals surface area (Å²) in [6.07, 6.45) is 0.730. The number of hydrogen-bond donors (Lipinski definition) is 2. The van der Waals surface area contributed by atoms with Gasteiger partial charge in [-0.05, 0) is 40.4 Å². The van der Waals surface area contributed by atoms with Crippen LogP contribution in [0.2, 0.25) is 0 Å². The summed E-state index contributed by atoms with van der Waals surface area (Å²) in [6.45, 7) is 4.34. The lowest BCUT2D eigenvalue weighted by molar-refractivity contribution is 0.551. The molecule has 7 heteroatoms. The Balaban J connectivity index is 2.95. The highest BCUT2D eigenvalue weighted by atomic mass is 79.9. The lowest BCUT2D eigenvalue weighted by Crippen LogP contribution is -2.26. The van der Waals surface area contributed by atoms with Crippen LogP contribution in [0.1, 0.15) is 20.3 Å². The molecule has 102 valence electrons. The van der Waals surface area contributed by atoms with Crippen LogP contribution in [-0.2, 0) is 10.0 Å². The maximum Gasteiger partial charge on any atom is 0.241 e. The zero-order chi connectivity index (χ0) is 13.9. The number of rotatable bonds is 5. The molecule has 0 bridgehead atoms. The molecule has 0 radical (unpaired) electrons. The fourth-order valence-corrected chi connectivity index (χ4v) is 3.41. The van der Waals surface area contributed by atoms with Gasteiger partial charge in [-0.2, -0.15) is 0 Å². The fourth-order valence-electron chi connectivity index (χ4n) is 1.31. The van der Waals surface area contributed by atoms with E-state index < -0.39 is 15.8 Å². The molecule has 1 rings (SSSR count). The number of nitrogens with one attached hydrogen (secondary N) is 1.